The molecule has 0 saturated carbocycles. The lowest BCUT2D eigenvalue weighted by Crippen LogP contribution is -2.43. The molecule has 0 aliphatic carbocycles. The highest BCUT2D eigenvalue weighted by atomic mass is 19.1. The van der Waals surface area contributed by atoms with E-state index in [-0.39, 0.29) is 17.8 Å². The molecular formula is C19H20FNO2. The second kappa shape index (κ2) is 7.38. The Morgan fingerprint density at radius 1 is 1.17 bits per heavy atom. The molecule has 4 heteroatoms. The quantitative estimate of drug-likeness (QED) is 0.862. The van der Waals surface area contributed by atoms with Gasteiger partial charge in [0.25, 0.3) is 5.91 Å². The van der Waals surface area contributed by atoms with Crippen molar-refractivity contribution in [2.24, 2.45) is 0 Å². The predicted octanol–water partition coefficient (Wildman–Crippen LogP) is 3.65. The molecule has 23 heavy (non-hydrogen) atoms. The van der Waals surface area contributed by atoms with Crippen LogP contribution in [0.2, 0.25) is 0 Å². The minimum Gasteiger partial charge on any atom is -0.372 e. The van der Waals surface area contributed by atoms with Gasteiger partial charge in [-0.15, -0.1) is 0 Å². The molecule has 1 fully saturated rings. The van der Waals surface area contributed by atoms with E-state index in [0.29, 0.717) is 25.3 Å². The SMILES string of the molecule is O=C(c1cccc(F)c1)N1CCCC(OCc2ccccc2)C1. The van der Waals surface area contributed by atoms with Gasteiger partial charge in [-0.2, -0.15) is 0 Å². The van der Waals surface area contributed by atoms with Gasteiger partial charge in [0, 0.05) is 18.7 Å². The van der Waals surface area contributed by atoms with Crippen LogP contribution in [-0.4, -0.2) is 30.0 Å². The number of amides is 1. The lowest BCUT2D eigenvalue weighted by atomic mass is 10.1. The molecule has 0 N–H and O–H groups in total. The van der Waals surface area contributed by atoms with E-state index in [0.717, 1.165) is 18.4 Å². The Hall–Kier alpha value is -2.20. The number of hydrogen-bond acceptors (Lipinski definition) is 2. The summed E-state index contributed by atoms with van der Waals surface area (Å²) in [4.78, 5) is 14.2. The van der Waals surface area contributed by atoms with Gasteiger partial charge in [0.05, 0.1) is 12.7 Å². The van der Waals surface area contributed by atoms with Crippen LogP contribution >= 0.6 is 0 Å². The first-order valence-corrected chi connectivity index (χ1v) is 7.93. The summed E-state index contributed by atoms with van der Waals surface area (Å²) in [7, 11) is 0. The van der Waals surface area contributed by atoms with Crippen LogP contribution in [-0.2, 0) is 11.3 Å². The molecular weight excluding hydrogens is 293 g/mol. The zero-order chi connectivity index (χ0) is 16.1. The maximum Gasteiger partial charge on any atom is 0.254 e. The predicted molar refractivity (Wildman–Crippen MR) is 86.6 cm³/mol. The fourth-order valence-electron chi connectivity index (χ4n) is 2.85. The number of piperidine rings is 1. The molecule has 120 valence electrons. The van der Waals surface area contributed by atoms with Crippen molar-refractivity contribution >= 4 is 5.91 Å². The van der Waals surface area contributed by atoms with Crippen molar-refractivity contribution < 1.29 is 13.9 Å². The fraction of sp³-hybridized carbons (Fsp3) is 0.316. The first kappa shape index (κ1) is 15.7. The second-order valence-electron chi connectivity index (χ2n) is 5.82. The van der Waals surface area contributed by atoms with Crippen LogP contribution < -0.4 is 0 Å². The average molecular weight is 313 g/mol. The molecule has 0 spiro atoms. The summed E-state index contributed by atoms with van der Waals surface area (Å²) in [5.41, 5.74) is 1.52. The van der Waals surface area contributed by atoms with Crippen LogP contribution in [0.4, 0.5) is 4.39 Å². The smallest absolute Gasteiger partial charge is 0.254 e. The molecule has 1 amide bonds. The molecule has 1 heterocycles. The Morgan fingerprint density at radius 3 is 2.78 bits per heavy atom. The van der Waals surface area contributed by atoms with Crippen LogP contribution in [0.5, 0.6) is 0 Å². The second-order valence-corrected chi connectivity index (χ2v) is 5.82. The molecule has 1 atom stereocenters. The van der Waals surface area contributed by atoms with Gasteiger partial charge < -0.3 is 9.64 Å². The minimum absolute atomic E-state index is 0.0291. The number of carbonyl (C=O) groups excluding carboxylic acids is 1. The van der Waals surface area contributed by atoms with E-state index in [2.05, 4.69) is 0 Å². The summed E-state index contributed by atoms with van der Waals surface area (Å²) in [6.45, 7) is 1.80. The zero-order valence-electron chi connectivity index (χ0n) is 13.0. The Kier molecular flexibility index (Phi) is 5.03. The third-order valence-electron chi connectivity index (χ3n) is 4.07. The van der Waals surface area contributed by atoms with Crippen LogP contribution in [0, 0.1) is 5.82 Å². The van der Waals surface area contributed by atoms with Crippen molar-refractivity contribution in [2.45, 2.75) is 25.6 Å². The molecule has 3 rings (SSSR count). The molecule has 2 aromatic rings. The van der Waals surface area contributed by atoms with E-state index < -0.39 is 0 Å². The first-order valence-electron chi connectivity index (χ1n) is 7.93. The number of halogens is 1. The summed E-state index contributed by atoms with van der Waals surface area (Å²) >= 11 is 0. The summed E-state index contributed by atoms with van der Waals surface area (Å²) in [5, 5.41) is 0. The van der Waals surface area contributed by atoms with Gasteiger partial charge in [-0.3, -0.25) is 4.79 Å². The third kappa shape index (κ3) is 4.17. The topological polar surface area (TPSA) is 29.5 Å². The Balaban J connectivity index is 1.58. The van der Waals surface area contributed by atoms with Crippen molar-refractivity contribution in [1.82, 2.24) is 4.90 Å². The number of benzene rings is 2. The Bertz CT molecular complexity index is 659. The van der Waals surface area contributed by atoms with Gasteiger partial charge >= 0.3 is 0 Å². The highest BCUT2D eigenvalue weighted by Crippen LogP contribution is 2.18. The van der Waals surface area contributed by atoms with Gasteiger partial charge in [-0.25, -0.2) is 4.39 Å². The van der Waals surface area contributed by atoms with E-state index in [1.165, 1.54) is 12.1 Å². The molecule has 0 radical (unpaired) electrons. The third-order valence-corrected chi connectivity index (χ3v) is 4.07. The van der Waals surface area contributed by atoms with Crippen molar-refractivity contribution in [1.29, 1.82) is 0 Å². The van der Waals surface area contributed by atoms with Crippen LogP contribution in [0.15, 0.2) is 54.6 Å². The number of carbonyl (C=O) groups is 1. The van der Waals surface area contributed by atoms with Crippen LogP contribution in [0.3, 0.4) is 0 Å². The first-order chi connectivity index (χ1) is 11.2. The van der Waals surface area contributed by atoms with Gasteiger partial charge in [-0.1, -0.05) is 36.4 Å². The minimum atomic E-state index is -0.385. The zero-order valence-corrected chi connectivity index (χ0v) is 13.0. The average Bonchev–Trinajstić information content (AvgIpc) is 2.60. The van der Waals surface area contributed by atoms with E-state index in [4.69, 9.17) is 4.74 Å². The molecule has 2 aromatic carbocycles. The van der Waals surface area contributed by atoms with Crippen LogP contribution in [0.1, 0.15) is 28.8 Å². The molecule has 3 nitrogen and oxygen atoms in total. The van der Waals surface area contributed by atoms with Crippen molar-refractivity contribution in [2.75, 3.05) is 13.1 Å². The molecule has 1 aliphatic rings. The highest BCUT2D eigenvalue weighted by molar-refractivity contribution is 5.94. The summed E-state index contributed by atoms with van der Waals surface area (Å²) in [6, 6.07) is 15.9. The highest BCUT2D eigenvalue weighted by Gasteiger charge is 2.25. The molecule has 0 aromatic heterocycles. The van der Waals surface area contributed by atoms with E-state index in [1.54, 1.807) is 17.0 Å². The van der Waals surface area contributed by atoms with E-state index >= 15 is 0 Å². The van der Waals surface area contributed by atoms with Crippen LogP contribution in [0.25, 0.3) is 0 Å². The molecule has 1 aliphatic heterocycles. The number of ether oxygens (including phenoxy) is 1. The summed E-state index contributed by atoms with van der Waals surface area (Å²) < 4.78 is 19.2. The lowest BCUT2D eigenvalue weighted by Gasteiger charge is -2.32. The van der Waals surface area contributed by atoms with Gasteiger partial charge in [0.15, 0.2) is 0 Å². The number of hydrogen-bond donors (Lipinski definition) is 0. The summed E-state index contributed by atoms with van der Waals surface area (Å²) in [6.07, 6.45) is 1.88. The van der Waals surface area contributed by atoms with E-state index in [9.17, 15) is 9.18 Å². The standard InChI is InChI=1S/C19H20FNO2/c20-17-9-4-8-16(12-17)19(22)21-11-5-10-18(13-21)23-14-15-6-2-1-3-7-15/h1-4,6-9,12,18H,5,10-11,13-14H2. The monoisotopic (exact) mass is 313 g/mol. The van der Waals surface area contributed by atoms with E-state index in [1.807, 2.05) is 30.3 Å². The van der Waals surface area contributed by atoms with Gasteiger partial charge in [0.2, 0.25) is 0 Å². The number of rotatable bonds is 4. The number of nitrogens with zero attached hydrogens (tertiary/aromatic N) is 1. The van der Waals surface area contributed by atoms with Crippen molar-refractivity contribution in [3.8, 4) is 0 Å². The Labute approximate surface area is 135 Å². The van der Waals surface area contributed by atoms with Gasteiger partial charge in [-0.05, 0) is 36.6 Å². The maximum absolute atomic E-state index is 13.3. The molecule has 0 bridgehead atoms. The van der Waals surface area contributed by atoms with Crippen molar-refractivity contribution in [3.63, 3.8) is 0 Å². The fourth-order valence-corrected chi connectivity index (χ4v) is 2.85. The lowest BCUT2D eigenvalue weighted by molar-refractivity contribution is -0.00673. The molecule has 1 unspecified atom stereocenters. The largest absolute Gasteiger partial charge is 0.372 e. The summed E-state index contributed by atoms with van der Waals surface area (Å²) in [5.74, 6) is -0.512. The normalized spacial score (nSPS) is 18.0. The number of likely N-dealkylation sites (tertiary alicyclic amines) is 1. The maximum atomic E-state index is 13.3. The molecule has 1 saturated heterocycles. The Morgan fingerprint density at radius 2 is 2.00 bits per heavy atom. The van der Waals surface area contributed by atoms with Crippen molar-refractivity contribution in [3.05, 3.63) is 71.5 Å². The van der Waals surface area contributed by atoms with Gasteiger partial charge in [0.1, 0.15) is 5.82 Å².